The van der Waals surface area contributed by atoms with Crippen LogP contribution in [-0.4, -0.2) is 44.6 Å². The van der Waals surface area contributed by atoms with E-state index in [-0.39, 0.29) is 17.1 Å². The minimum absolute atomic E-state index is 0.131. The lowest BCUT2D eigenvalue weighted by molar-refractivity contribution is -0.160. The van der Waals surface area contributed by atoms with Gasteiger partial charge in [-0.2, -0.15) is 0 Å². The van der Waals surface area contributed by atoms with Gasteiger partial charge in [0, 0.05) is 5.57 Å². The van der Waals surface area contributed by atoms with E-state index in [0.717, 1.165) is 0 Å². The van der Waals surface area contributed by atoms with Gasteiger partial charge in [-0.25, -0.2) is 18.0 Å². The summed E-state index contributed by atoms with van der Waals surface area (Å²) in [6, 6.07) is 0. The Morgan fingerprint density at radius 2 is 2.06 bits per heavy atom. The van der Waals surface area contributed by atoms with E-state index in [4.69, 9.17) is 4.74 Å². The molecule has 0 aromatic rings. The van der Waals surface area contributed by atoms with Gasteiger partial charge in [0.25, 0.3) is 0 Å². The average molecular weight is 276 g/mol. The lowest BCUT2D eigenvalue weighted by Gasteiger charge is -2.21. The summed E-state index contributed by atoms with van der Waals surface area (Å²) in [7, 11) is -3.12. The highest BCUT2D eigenvalue weighted by molar-refractivity contribution is 7.91. The summed E-state index contributed by atoms with van der Waals surface area (Å²) in [4.78, 5) is 22.3. The van der Waals surface area contributed by atoms with Crippen LogP contribution in [0.2, 0.25) is 0 Å². The summed E-state index contributed by atoms with van der Waals surface area (Å²) in [6.45, 7) is 4.30. The van der Waals surface area contributed by atoms with E-state index in [1.54, 1.807) is 0 Å². The van der Waals surface area contributed by atoms with E-state index < -0.39 is 34.5 Å². The van der Waals surface area contributed by atoms with Crippen LogP contribution in [0.25, 0.3) is 0 Å². The molecule has 1 atom stereocenters. The lowest BCUT2D eigenvalue weighted by atomic mass is 10.2. The summed E-state index contributed by atoms with van der Waals surface area (Å²) in [5.41, 5.74) is 0.183. The zero-order valence-corrected chi connectivity index (χ0v) is 11.0. The van der Waals surface area contributed by atoms with Crippen LogP contribution in [0.5, 0.6) is 0 Å². The quantitative estimate of drug-likeness (QED) is 0.539. The van der Waals surface area contributed by atoms with Crippen molar-refractivity contribution < 1.29 is 27.5 Å². The molecule has 1 heterocycles. The Balaban J connectivity index is 2.36. The molecule has 1 unspecified atom stereocenters. The molecule has 0 aromatic heterocycles. The molecule has 0 aliphatic carbocycles. The summed E-state index contributed by atoms with van der Waals surface area (Å²) >= 11 is 0. The van der Waals surface area contributed by atoms with E-state index in [0.29, 0.717) is 12.8 Å². The molecule has 1 fully saturated rings. The molecule has 18 heavy (non-hydrogen) atoms. The average Bonchev–Trinajstić information content (AvgIpc) is 2.24. The van der Waals surface area contributed by atoms with Gasteiger partial charge in [0.2, 0.25) is 0 Å². The molecule has 0 N–H and O–H groups in total. The smallest absolute Gasteiger partial charge is 0.344 e. The van der Waals surface area contributed by atoms with E-state index in [1.807, 2.05) is 0 Å². The Morgan fingerprint density at radius 1 is 1.39 bits per heavy atom. The molecule has 6 nitrogen and oxygen atoms in total. The number of rotatable bonds is 4. The van der Waals surface area contributed by atoms with E-state index >= 15 is 0 Å². The van der Waals surface area contributed by atoms with Crippen molar-refractivity contribution in [1.82, 2.24) is 0 Å². The molecular weight excluding hydrogens is 260 g/mol. The molecule has 0 saturated carbocycles. The summed E-state index contributed by atoms with van der Waals surface area (Å²) in [5.74, 6) is -1.45. The SMILES string of the molecule is C=C(C)C(=O)OCC(=O)OC1CCCS(=O)(=O)C1. The summed E-state index contributed by atoms with van der Waals surface area (Å²) < 4.78 is 32.1. The van der Waals surface area contributed by atoms with E-state index in [9.17, 15) is 18.0 Å². The van der Waals surface area contributed by atoms with Crippen molar-refractivity contribution in [2.45, 2.75) is 25.9 Å². The van der Waals surface area contributed by atoms with Crippen molar-refractivity contribution in [3.8, 4) is 0 Å². The van der Waals surface area contributed by atoms with E-state index in [2.05, 4.69) is 11.3 Å². The molecule has 1 saturated heterocycles. The molecule has 0 radical (unpaired) electrons. The minimum Gasteiger partial charge on any atom is -0.459 e. The third-order valence-electron chi connectivity index (χ3n) is 2.39. The molecule has 0 amide bonds. The molecule has 102 valence electrons. The van der Waals surface area contributed by atoms with Gasteiger partial charge in [0.1, 0.15) is 6.10 Å². The predicted octanol–water partition coefficient (Wildman–Crippen LogP) is 0.226. The number of carbonyl (C=O) groups excluding carboxylic acids is 2. The maximum Gasteiger partial charge on any atom is 0.344 e. The number of sulfone groups is 1. The number of hydrogen-bond donors (Lipinski definition) is 0. The van der Waals surface area contributed by atoms with Crippen molar-refractivity contribution in [1.29, 1.82) is 0 Å². The van der Waals surface area contributed by atoms with Gasteiger partial charge in [-0.05, 0) is 19.8 Å². The number of carbonyl (C=O) groups is 2. The maximum absolute atomic E-state index is 11.3. The van der Waals surface area contributed by atoms with Crippen LogP contribution in [0.1, 0.15) is 19.8 Å². The highest BCUT2D eigenvalue weighted by Crippen LogP contribution is 2.15. The lowest BCUT2D eigenvalue weighted by Crippen LogP contribution is -2.34. The number of ether oxygens (including phenoxy) is 2. The van der Waals surface area contributed by atoms with Gasteiger partial charge in [-0.3, -0.25) is 0 Å². The Bertz CT molecular complexity index is 450. The first-order valence-corrected chi connectivity index (χ1v) is 7.35. The van der Waals surface area contributed by atoms with Crippen LogP contribution < -0.4 is 0 Å². The zero-order chi connectivity index (χ0) is 13.8. The van der Waals surface area contributed by atoms with Crippen LogP contribution in [0, 0.1) is 0 Å². The Kier molecular flexibility index (Phi) is 4.89. The Labute approximate surface area is 106 Å². The standard InChI is InChI=1S/C11H16O6S/c1-8(2)11(13)16-6-10(12)17-9-4-3-5-18(14,15)7-9/h9H,1,3-7H2,2H3. The highest BCUT2D eigenvalue weighted by Gasteiger charge is 2.27. The Morgan fingerprint density at radius 3 is 2.61 bits per heavy atom. The fourth-order valence-corrected chi connectivity index (χ4v) is 3.12. The molecule has 1 rings (SSSR count). The second-order valence-corrected chi connectivity index (χ2v) is 6.45. The van der Waals surface area contributed by atoms with Crippen LogP contribution >= 0.6 is 0 Å². The monoisotopic (exact) mass is 276 g/mol. The van der Waals surface area contributed by atoms with Gasteiger partial charge in [-0.15, -0.1) is 0 Å². The first-order valence-electron chi connectivity index (χ1n) is 5.53. The second-order valence-electron chi connectivity index (χ2n) is 4.22. The van der Waals surface area contributed by atoms with Crippen molar-refractivity contribution in [2.75, 3.05) is 18.1 Å². The fraction of sp³-hybridized carbons (Fsp3) is 0.636. The molecular formula is C11H16O6S. The molecule has 0 bridgehead atoms. The molecule has 1 aliphatic rings. The first kappa shape index (κ1) is 14.7. The van der Waals surface area contributed by atoms with Gasteiger partial charge in [0.15, 0.2) is 16.4 Å². The third-order valence-corrected chi connectivity index (χ3v) is 4.18. The summed E-state index contributed by atoms with van der Waals surface area (Å²) in [5, 5.41) is 0. The normalized spacial score (nSPS) is 21.9. The van der Waals surface area contributed by atoms with Gasteiger partial charge >= 0.3 is 11.9 Å². The van der Waals surface area contributed by atoms with Crippen LogP contribution in [0.15, 0.2) is 12.2 Å². The van der Waals surface area contributed by atoms with Crippen molar-refractivity contribution >= 4 is 21.8 Å². The van der Waals surface area contributed by atoms with Crippen LogP contribution in [-0.2, 0) is 28.9 Å². The zero-order valence-electron chi connectivity index (χ0n) is 10.2. The molecule has 1 aliphatic heterocycles. The third kappa shape index (κ3) is 4.87. The van der Waals surface area contributed by atoms with Crippen molar-refractivity contribution in [3.05, 3.63) is 12.2 Å². The fourth-order valence-electron chi connectivity index (χ4n) is 1.54. The topological polar surface area (TPSA) is 86.7 Å². The minimum atomic E-state index is -3.12. The Hall–Kier alpha value is -1.37. The van der Waals surface area contributed by atoms with Gasteiger partial charge in [-0.1, -0.05) is 6.58 Å². The molecule has 7 heteroatoms. The predicted molar refractivity (Wildman–Crippen MR) is 63.5 cm³/mol. The van der Waals surface area contributed by atoms with Crippen molar-refractivity contribution in [2.24, 2.45) is 0 Å². The number of esters is 2. The molecule has 0 spiro atoms. The van der Waals surface area contributed by atoms with Crippen molar-refractivity contribution in [3.63, 3.8) is 0 Å². The van der Waals surface area contributed by atoms with E-state index in [1.165, 1.54) is 6.92 Å². The highest BCUT2D eigenvalue weighted by atomic mass is 32.2. The van der Waals surface area contributed by atoms with Gasteiger partial charge < -0.3 is 9.47 Å². The van der Waals surface area contributed by atoms with Crippen LogP contribution in [0.3, 0.4) is 0 Å². The largest absolute Gasteiger partial charge is 0.459 e. The first-order chi connectivity index (χ1) is 8.30. The maximum atomic E-state index is 11.3. The number of hydrogen-bond acceptors (Lipinski definition) is 6. The van der Waals surface area contributed by atoms with Crippen LogP contribution in [0.4, 0.5) is 0 Å². The van der Waals surface area contributed by atoms with Gasteiger partial charge in [0.05, 0.1) is 11.5 Å². The second kappa shape index (κ2) is 5.99. The summed E-state index contributed by atoms with van der Waals surface area (Å²) in [6.07, 6.45) is 0.352. The molecule has 0 aromatic carbocycles.